The molecule has 1 heterocycles. The van der Waals surface area contributed by atoms with Crippen molar-refractivity contribution in [3.8, 4) is 0 Å². The number of aliphatic carboxylic acids is 1. The molecule has 1 amide bonds. The fourth-order valence-corrected chi connectivity index (χ4v) is 1.95. The molecule has 21 heavy (non-hydrogen) atoms. The van der Waals surface area contributed by atoms with Gasteiger partial charge in [-0.1, -0.05) is 0 Å². The molecule has 114 valence electrons. The van der Waals surface area contributed by atoms with E-state index in [1.165, 1.54) is 24.1 Å². The summed E-state index contributed by atoms with van der Waals surface area (Å²) in [6, 6.07) is 2.53. The van der Waals surface area contributed by atoms with Crippen LogP contribution in [0.3, 0.4) is 0 Å². The largest absolute Gasteiger partial charge is 0.480 e. The number of hydrogen-bond donors (Lipinski definition) is 1. The van der Waals surface area contributed by atoms with Crippen LogP contribution in [-0.2, 0) is 16.1 Å². The summed E-state index contributed by atoms with van der Waals surface area (Å²) in [5.74, 6) is -1.53. The number of hydrogen-bond acceptors (Lipinski definition) is 5. The first kappa shape index (κ1) is 15.2. The van der Waals surface area contributed by atoms with Crippen LogP contribution in [0, 0.1) is 0 Å². The van der Waals surface area contributed by atoms with Crippen molar-refractivity contribution in [2.75, 3.05) is 20.3 Å². The van der Waals surface area contributed by atoms with E-state index in [4.69, 9.17) is 9.84 Å². The Bertz CT molecular complexity index is 594. The number of carboxylic acid groups (broad SMARTS) is 1. The first-order chi connectivity index (χ1) is 10.0. The van der Waals surface area contributed by atoms with Crippen molar-refractivity contribution in [1.29, 1.82) is 0 Å². The molecular formula is C13H17N3O5. The summed E-state index contributed by atoms with van der Waals surface area (Å²) in [5.41, 5.74) is -0.265. The molecule has 1 N–H and O–H groups in total. The highest BCUT2D eigenvalue weighted by Gasteiger charge is 2.35. The molecule has 0 aromatic carbocycles. The minimum Gasteiger partial charge on any atom is -0.480 e. The maximum atomic E-state index is 12.4. The molecule has 1 aliphatic carbocycles. The van der Waals surface area contributed by atoms with Crippen LogP contribution >= 0.6 is 0 Å². The zero-order valence-electron chi connectivity index (χ0n) is 11.7. The molecule has 1 fully saturated rings. The molecule has 0 spiro atoms. The fraction of sp³-hybridized carbons (Fsp3) is 0.538. The number of carbonyl (C=O) groups excluding carboxylic acids is 1. The molecule has 1 saturated carbocycles. The SMILES string of the molecule is COCCn1nc(C(=O)N(CC(=O)O)C2CC2)ccc1=O. The smallest absolute Gasteiger partial charge is 0.323 e. The van der Waals surface area contributed by atoms with Gasteiger partial charge in [0.1, 0.15) is 12.2 Å². The third kappa shape index (κ3) is 3.88. The number of carbonyl (C=O) groups is 2. The molecular weight excluding hydrogens is 278 g/mol. The van der Waals surface area contributed by atoms with E-state index in [-0.39, 0.29) is 30.4 Å². The van der Waals surface area contributed by atoms with Gasteiger partial charge in [-0.05, 0) is 18.9 Å². The van der Waals surface area contributed by atoms with Crippen molar-refractivity contribution in [2.24, 2.45) is 0 Å². The zero-order chi connectivity index (χ0) is 15.4. The van der Waals surface area contributed by atoms with Gasteiger partial charge in [-0.2, -0.15) is 5.10 Å². The zero-order valence-corrected chi connectivity index (χ0v) is 11.7. The standard InChI is InChI=1S/C13H17N3O5/c1-21-7-6-16-11(17)5-4-10(14-16)13(20)15(8-12(18)19)9-2-3-9/h4-5,9H,2-3,6-8H2,1H3,(H,18,19). The fourth-order valence-electron chi connectivity index (χ4n) is 1.95. The Hall–Kier alpha value is -2.22. The Kier molecular flexibility index (Phi) is 4.69. The monoisotopic (exact) mass is 295 g/mol. The van der Waals surface area contributed by atoms with Crippen LogP contribution in [-0.4, -0.2) is 58.0 Å². The van der Waals surface area contributed by atoms with E-state index in [0.29, 0.717) is 6.61 Å². The van der Waals surface area contributed by atoms with Crippen LogP contribution in [0.4, 0.5) is 0 Å². The van der Waals surface area contributed by atoms with Gasteiger partial charge in [0.25, 0.3) is 11.5 Å². The average Bonchev–Trinajstić information content (AvgIpc) is 3.27. The lowest BCUT2D eigenvalue weighted by Gasteiger charge is -2.19. The van der Waals surface area contributed by atoms with Gasteiger partial charge in [0.05, 0.1) is 13.2 Å². The van der Waals surface area contributed by atoms with E-state index in [2.05, 4.69) is 5.10 Å². The van der Waals surface area contributed by atoms with Crippen molar-refractivity contribution in [2.45, 2.75) is 25.4 Å². The van der Waals surface area contributed by atoms with E-state index >= 15 is 0 Å². The van der Waals surface area contributed by atoms with Gasteiger partial charge >= 0.3 is 5.97 Å². The number of aromatic nitrogens is 2. The van der Waals surface area contributed by atoms with Crippen molar-refractivity contribution in [3.05, 3.63) is 28.2 Å². The van der Waals surface area contributed by atoms with Crippen LogP contribution in [0.2, 0.25) is 0 Å². The Morgan fingerprint density at radius 2 is 2.19 bits per heavy atom. The van der Waals surface area contributed by atoms with Crippen molar-refractivity contribution in [3.63, 3.8) is 0 Å². The lowest BCUT2D eigenvalue weighted by atomic mass is 10.3. The summed E-state index contributed by atoms with van der Waals surface area (Å²) in [6.07, 6.45) is 1.59. The maximum Gasteiger partial charge on any atom is 0.323 e. The highest BCUT2D eigenvalue weighted by Crippen LogP contribution is 2.27. The first-order valence-electron chi connectivity index (χ1n) is 6.63. The van der Waals surface area contributed by atoms with Gasteiger partial charge in [0.15, 0.2) is 0 Å². The molecule has 2 rings (SSSR count). The maximum absolute atomic E-state index is 12.4. The van der Waals surface area contributed by atoms with Crippen molar-refractivity contribution >= 4 is 11.9 Å². The third-order valence-corrected chi connectivity index (χ3v) is 3.15. The van der Waals surface area contributed by atoms with E-state index in [1.807, 2.05) is 0 Å². The highest BCUT2D eigenvalue weighted by atomic mass is 16.5. The average molecular weight is 295 g/mol. The highest BCUT2D eigenvalue weighted by molar-refractivity contribution is 5.94. The Balaban J connectivity index is 2.20. The summed E-state index contributed by atoms with van der Waals surface area (Å²) in [6.45, 7) is 0.174. The molecule has 0 saturated heterocycles. The Morgan fingerprint density at radius 3 is 2.76 bits per heavy atom. The predicted molar refractivity (Wildman–Crippen MR) is 72.1 cm³/mol. The van der Waals surface area contributed by atoms with Gasteiger partial charge in [0.2, 0.25) is 0 Å². The third-order valence-electron chi connectivity index (χ3n) is 3.15. The number of carboxylic acids is 1. The summed E-state index contributed by atoms with van der Waals surface area (Å²) in [4.78, 5) is 36.1. The molecule has 0 radical (unpaired) electrons. The molecule has 8 nitrogen and oxygen atoms in total. The number of nitrogens with zero attached hydrogens (tertiary/aromatic N) is 3. The van der Waals surface area contributed by atoms with Crippen LogP contribution < -0.4 is 5.56 Å². The lowest BCUT2D eigenvalue weighted by molar-refractivity contribution is -0.137. The minimum absolute atomic E-state index is 0.0465. The normalized spacial score (nSPS) is 14.0. The Morgan fingerprint density at radius 1 is 1.48 bits per heavy atom. The predicted octanol–water partition coefficient (Wildman–Crippen LogP) is -0.421. The van der Waals surface area contributed by atoms with Gasteiger partial charge in [-0.15, -0.1) is 0 Å². The minimum atomic E-state index is -1.07. The summed E-state index contributed by atoms with van der Waals surface area (Å²) < 4.78 is 6.02. The molecule has 0 aliphatic heterocycles. The summed E-state index contributed by atoms with van der Waals surface area (Å²) in [5, 5.41) is 12.9. The second-order valence-corrected chi connectivity index (χ2v) is 4.83. The quantitative estimate of drug-likeness (QED) is 0.733. The van der Waals surface area contributed by atoms with Gasteiger partial charge in [-0.25, -0.2) is 4.68 Å². The van der Waals surface area contributed by atoms with Crippen molar-refractivity contribution < 1.29 is 19.4 Å². The second kappa shape index (κ2) is 6.49. The van der Waals surface area contributed by atoms with Crippen LogP contribution in [0.5, 0.6) is 0 Å². The summed E-state index contributed by atoms with van der Waals surface area (Å²) in [7, 11) is 1.50. The molecule has 0 unspecified atom stereocenters. The molecule has 1 aliphatic rings. The van der Waals surface area contributed by atoms with Crippen LogP contribution in [0.1, 0.15) is 23.3 Å². The molecule has 8 heteroatoms. The number of methoxy groups -OCH3 is 1. The van der Waals surface area contributed by atoms with E-state index in [0.717, 1.165) is 17.5 Å². The first-order valence-corrected chi connectivity index (χ1v) is 6.63. The topological polar surface area (TPSA) is 102 Å². The van der Waals surface area contributed by atoms with E-state index in [1.54, 1.807) is 0 Å². The van der Waals surface area contributed by atoms with Gasteiger partial charge in [-0.3, -0.25) is 14.4 Å². The van der Waals surface area contributed by atoms with E-state index in [9.17, 15) is 14.4 Å². The molecule has 0 atom stereocenters. The van der Waals surface area contributed by atoms with Gasteiger partial charge in [0, 0.05) is 19.2 Å². The van der Waals surface area contributed by atoms with Gasteiger partial charge < -0.3 is 14.7 Å². The lowest BCUT2D eigenvalue weighted by Crippen LogP contribution is -2.39. The molecule has 0 bridgehead atoms. The van der Waals surface area contributed by atoms with Crippen molar-refractivity contribution in [1.82, 2.24) is 14.7 Å². The van der Waals surface area contributed by atoms with Crippen LogP contribution in [0.15, 0.2) is 16.9 Å². The second-order valence-electron chi connectivity index (χ2n) is 4.83. The molecule has 1 aromatic rings. The summed E-state index contributed by atoms with van der Waals surface area (Å²) >= 11 is 0. The number of rotatable bonds is 7. The Labute approximate surface area is 120 Å². The molecule has 1 aromatic heterocycles. The number of amides is 1. The number of ether oxygens (including phenoxy) is 1. The van der Waals surface area contributed by atoms with Crippen LogP contribution in [0.25, 0.3) is 0 Å². The van der Waals surface area contributed by atoms with E-state index < -0.39 is 11.9 Å².